The van der Waals surface area contributed by atoms with Crippen molar-refractivity contribution in [3.63, 3.8) is 0 Å². The van der Waals surface area contributed by atoms with Crippen LogP contribution in [0.5, 0.6) is 0 Å². The number of anilines is 1. The van der Waals surface area contributed by atoms with Crippen molar-refractivity contribution in [2.75, 3.05) is 12.3 Å². The highest BCUT2D eigenvalue weighted by molar-refractivity contribution is 14.1. The molecule has 4 nitrogen and oxygen atoms in total. The van der Waals surface area contributed by atoms with E-state index in [1.165, 1.54) is 25.7 Å². The maximum Gasteiger partial charge on any atom is 0.162 e. The van der Waals surface area contributed by atoms with Crippen molar-refractivity contribution < 1.29 is 4.74 Å². The van der Waals surface area contributed by atoms with E-state index in [0.717, 1.165) is 27.9 Å². The molecule has 1 aliphatic carbocycles. The van der Waals surface area contributed by atoms with E-state index in [0.29, 0.717) is 12.4 Å². The summed E-state index contributed by atoms with van der Waals surface area (Å²) in [5, 5.41) is 0. The Kier molecular flexibility index (Phi) is 5.00. The highest BCUT2D eigenvalue weighted by atomic mass is 127. The van der Waals surface area contributed by atoms with Gasteiger partial charge in [-0.2, -0.15) is 0 Å². The van der Waals surface area contributed by atoms with Crippen LogP contribution in [0, 0.1) is 10.5 Å². The third-order valence-corrected chi connectivity index (χ3v) is 5.12. The smallest absolute Gasteiger partial charge is 0.162 e. The predicted octanol–water partition coefficient (Wildman–Crippen LogP) is 3.56. The van der Waals surface area contributed by atoms with Crippen molar-refractivity contribution in [2.45, 2.75) is 58.0 Å². The minimum absolute atomic E-state index is 0.325. The molecule has 1 heterocycles. The third-order valence-electron chi connectivity index (χ3n) is 3.78. The summed E-state index contributed by atoms with van der Waals surface area (Å²) in [4.78, 5) is 9.19. The van der Waals surface area contributed by atoms with Crippen LogP contribution in [0.25, 0.3) is 0 Å². The van der Waals surface area contributed by atoms with Gasteiger partial charge in [0.05, 0.1) is 9.26 Å². The number of halogens is 1. The summed E-state index contributed by atoms with van der Waals surface area (Å²) in [6, 6.07) is 0. The minimum Gasteiger partial charge on any atom is -0.383 e. The minimum atomic E-state index is -0.325. The van der Waals surface area contributed by atoms with Gasteiger partial charge in [0.15, 0.2) is 5.82 Å². The number of aromatic nitrogens is 2. The van der Waals surface area contributed by atoms with Crippen molar-refractivity contribution in [3.8, 4) is 0 Å². The molecule has 2 rings (SSSR count). The van der Waals surface area contributed by atoms with Gasteiger partial charge in [0.2, 0.25) is 0 Å². The van der Waals surface area contributed by atoms with Crippen LogP contribution < -0.4 is 5.73 Å². The Morgan fingerprint density at radius 2 is 1.84 bits per heavy atom. The Morgan fingerprint density at radius 1 is 1.21 bits per heavy atom. The lowest BCUT2D eigenvalue weighted by Crippen LogP contribution is -2.32. The average molecular weight is 375 g/mol. The molecule has 0 spiro atoms. The summed E-state index contributed by atoms with van der Waals surface area (Å²) in [6.45, 7) is 4.71. The zero-order chi connectivity index (χ0) is 13.9. The molecule has 0 atom stereocenters. The molecule has 1 aliphatic rings. The van der Waals surface area contributed by atoms with Gasteiger partial charge in [0.1, 0.15) is 11.4 Å². The molecule has 1 aromatic heterocycles. The number of nitrogens with zero attached hydrogens (tertiary/aromatic N) is 2. The van der Waals surface area contributed by atoms with Crippen LogP contribution in [0.15, 0.2) is 0 Å². The first-order valence-electron chi connectivity index (χ1n) is 7.03. The first kappa shape index (κ1) is 15.0. The fourth-order valence-electron chi connectivity index (χ4n) is 2.79. The summed E-state index contributed by atoms with van der Waals surface area (Å²) in [6.07, 6.45) is 6.89. The number of hydrogen-bond acceptors (Lipinski definition) is 4. The van der Waals surface area contributed by atoms with Crippen LogP contribution in [-0.4, -0.2) is 16.6 Å². The lowest BCUT2D eigenvalue weighted by Gasteiger charge is -2.31. The SMILES string of the molecule is CCOC1(c2nc(C)c(I)c(N)n2)CCCCCC1. The van der Waals surface area contributed by atoms with Gasteiger partial charge in [0.25, 0.3) is 0 Å². The highest BCUT2D eigenvalue weighted by Gasteiger charge is 2.37. The monoisotopic (exact) mass is 375 g/mol. The summed E-state index contributed by atoms with van der Waals surface area (Å²) < 4.78 is 7.05. The molecule has 2 N–H and O–H groups in total. The second-order valence-corrected chi connectivity index (χ2v) is 6.25. The number of rotatable bonds is 3. The van der Waals surface area contributed by atoms with Gasteiger partial charge < -0.3 is 10.5 Å². The van der Waals surface area contributed by atoms with E-state index in [1.807, 2.05) is 13.8 Å². The number of hydrogen-bond donors (Lipinski definition) is 1. The maximum atomic E-state index is 6.10. The van der Waals surface area contributed by atoms with Gasteiger partial charge >= 0.3 is 0 Å². The van der Waals surface area contributed by atoms with Crippen molar-refractivity contribution in [1.29, 1.82) is 0 Å². The lowest BCUT2D eigenvalue weighted by molar-refractivity contribution is -0.0624. The molecule has 1 aromatic rings. The fourth-order valence-corrected chi connectivity index (χ4v) is 3.03. The third kappa shape index (κ3) is 3.18. The summed E-state index contributed by atoms with van der Waals surface area (Å²) >= 11 is 2.20. The molecule has 0 bridgehead atoms. The topological polar surface area (TPSA) is 61.0 Å². The second kappa shape index (κ2) is 6.35. The Balaban J connectivity index is 2.42. The molecule has 0 aliphatic heterocycles. The van der Waals surface area contributed by atoms with Gasteiger partial charge in [0, 0.05) is 6.61 Å². The normalized spacial score (nSPS) is 19.1. The molecule has 5 heteroatoms. The zero-order valence-corrected chi connectivity index (χ0v) is 13.9. The molecule has 106 valence electrons. The Bertz CT molecular complexity index is 419. The van der Waals surface area contributed by atoms with E-state index < -0.39 is 0 Å². The van der Waals surface area contributed by atoms with E-state index in [2.05, 4.69) is 32.6 Å². The van der Waals surface area contributed by atoms with Crippen molar-refractivity contribution in [2.24, 2.45) is 0 Å². The first-order chi connectivity index (χ1) is 9.09. The maximum absolute atomic E-state index is 6.10. The van der Waals surface area contributed by atoms with Gasteiger partial charge in [-0.1, -0.05) is 25.7 Å². The fraction of sp³-hybridized carbons (Fsp3) is 0.714. The number of nitrogens with two attached hydrogens (primary N) is 1. The molecule has 0 aromatic carbocycles. The molecule has 0 radical (unpaired) electrons. The molecular weight excluding hydrogens is 353 g/mol. The average Bonchev–Trinajstić information content (AvgIpc) is 2.62. The van der Waals surface area contributed by atoms with Gasteiger partial charge in [-0.15, -0.1) is 0 Å². The summed E-state index contributed by atoms with van der Waals surface area (Å²) in [5.41, 5.74) is 6.63. The van der Waals surface area contributed by atoms with E-state index in [-0.39, 0.29) is 5.60 Å². The number of nitrogen functional groups attached to an aromatic ring is 1. The Labute approximate surface area is 128 Å². The molecular formula is C14H22IN3O. The van der Waals surface area contributed by atoms with Crippen LogP contribution in [-0.2, 0) is 10.3 Å². The summed E-state index contributed by atoms with van der Waals surface area (Å²) in [7, 11) is 0. The largest absolute Gasteiger partial charge is 0.383 e. The van der Waals surface area contributed by atoms with Crippen molar-refractivity contribution in [3.05, 3.63) is 15.1 Å². The molecule has 1 fully saturated rings. The van der Waals surface area contributed by atoms with Crippen LogP contribution >= 0.6 is 22.6 Å². The van der Waals surface area contributed by atoms with Crippen LogP contribution in [0.1, 0.15) is 57.0 Å². The lowest BCUT2D eigenvalue weighted by atomic mass is 9.93. The Hall–Kier alpha value is -0.430. The van der Waals surface area contributed by atoms with Gasteiger partial charge in [-0.25, -0.2) is 9.97 Å². The van der Waals surface area contributed by atoms with E-state index in [4.69, 9.17) is 10.5 Å². The number of ether oxygens (including phenoxy) is 1. The number of aryl methyl sites for hydroxylation is 1. The van der Waals surface area contributed by atoms with E-state index in [1.54, 1.807) is 0 Å². The van der Waals surface area contributed by atoms with Crippen molar-refractivity contribution in [1.82, 2.24) is 9.97 Å². The second-order valence-electron chi connectivity index (χ2n) is 5.17. The molecule has 19 heavy (non-hydrogen) atoms. The quantitative estimate of drug-likeness (QED) is 0.648. The van der Waals surface area contributed by atoms with Gasteiger partial charge in [-0.3, -0.25) is 0 Å². The highest BCUT2D eigenvalue weighted by Crippen LogP contribution is 2.38. The molecule has 0 amide bonds. The molecule has 1 saturated carbocycles. The van der Waals surface area contributed by atoms with Crippen molar-refractivity contribution >= 4 is 28.4 Å². The van der Waals surface area contributed by atoms with Crippen LogP contribution in [0.4, 0.5) is 5.82 Å². The molecule has 0 saturated heterocycles. The summed E-state index contributed by atoms with van der Waals surface area (Å²) in [5.74, 6) is 1.36. The van der Waals surface area contributed by atoms with Crippen LogP contribution in [0.3, 0.4) is 0 Å². The van der Waals surface area contributed by atoms with Crippen LogP contribution in [0.2, 0.25) is 0 Å². The van der Waals surface area contributed by atoms with E-state index in [9.17, 15) is 0 Å². The van der Waals surface area contributed by atoms with E-state index >= 15 is 0 Å². The van der Waals surface area contributed by atoms with Gasteiger partial charge in [-0.05, 0) is 49.3 Å². The molecule has 0 unspecified atom stereocenters. The predicted molar refractivity (Wildman–Crippen MR) is 84.9 cm³/mol. The Morgan fingerprint density at radius 3 is 2.37 bits per heavy atom. The zero-order valence-electron chi connectivity index (χ0n) is 11.7. The first-order valence-corrected chi connectivity index (χ1v) is 8.11. The standard InChI is InChI=1S/C14H22IN3O/c1-3-19-14(8-6-4-5-7-9-14)13-17-10(2)11(15)12(16)18-13/h3-9H2,1-2H3,(H2,16,17,18).